The maximum atomic E-state index is 13.4. The molecule has 0 unspecified atom stereocenters. The molecule has 3 aromatic carbocycles. The van der Waals surface area contributed by atoms with Crippen molar-refractivity contribution in [2.75, 3.05) is 11.9 Å². The van der Waals surface area contributed by atoms with Gasteiger partial charge in [0.1, 0.15) is 11.4 Å². The van der Waals surface area contributed by atoms with Gasteiger partial charge in [0, 0.05) is 23.9 Å². The van der Waals surface area contributed by atoms with Crippen LogP contribution in [0, 0.1) is 10.1 Å². The molecule has 3 aromatic rings. The van der Waals surface area contributed by atoms with E-state index in [0.717, 1.165) is 5.56 Å². The molecule has 0 saturated carbocycles. The van der Waals surface area contributed by atoms with Crippen LogP contribution in [0.4, 0.5) is 11.4 Å². The number of nitro groups is 1. The molecule has 8 nitrogen and oxygen atoms in total. The predicted octanol–water partition coefficient (Wildman–Crippen LogP) is 4.39. The molecule has 1 heterocycles. The van der Waals surface area contributed by atoms with Crippen LogP contribution in [0.2, 0.25) is 0 Å². The number of carbonyl (C=O) groups is 2. The molecule has 0 aliphatic carbocycles. The average Bonchev–Trinajstić information content (AvgIpc) is 3.04. The van der Waals surface area contributed by atoms with E-state index in [0.29, 0.717) is 23.6 Å². The van der Waals surface area contributed by atoms with E-state index in [1.165, 1.54) is 29.2 Å². The number of rotatable bonds is 8. The van der Waals surface area contributed by atoms with Crippen LogP contribution in [0.15, 0.2) is 84.6 Å². The van der Waals surface area contributed by atoms with E-state index in [9.17, 15) is 19.7 Å². The molecule has 0 aromatic heterocycles. The first-order chi connectivity index (χ1) is 16.0. The first-order valence-corrected chi connectivity index (χ1v) is 10.4. The van der Waals surface area contributed by atoms with Gasteiger partial charge in [0.15, 0.2) is 0 Å². The Morgan fingerprint density at radius 3 is 2.33 bits per heavy atom. The lowest BCUT2D eigenvalue weighted by Gasteiger charge is -2.15. The first kappa shape index (κ1) is 21.8. The number of carbonyl (C=O) groups excluding carboxylic acids is 2. The number of nitrogens with one attached hydrogen (secondary N) is 1. The number of imide groups is 1. The van der Waals surface area contributed by atoms with E-state index in [2.05, 4.69) is 5.32 Å². The molecule has 8 heteroatoms. The van der Waals surface area contributed by atoms with E-state index in [1.54, 1.807) is 24.3 Å². The number of nitro benzene ring substituents is 1. The molecule has 0 bridgehead atoms. The highest BCUT2D eigenvalue weighted by Crippen LogP contribution is 2.33. The lowest BCUT2D eigenvalue weighted by Crippen LogP contribution is -2.31. The SMILES string of the molecule is CCOc1cccc(NC2=C(c3ccc([N+](=O)[O-])cc3)C(=O)N(Cc3ccccc3)C2=O)c1. The van der Waals surface area contributed by atoms with Crippen molar-refractivity contribution in [2.45, 2.75) is 13.5 Å². The van der Waals surface area contributed by atoms with Crippen LogP contribution in [-0.2, 0) is 16.1 Å². The molecule has 2 amide bonds. The molecule has 166 valence electrons. The number of amides is 2. The van der Waals surface area contributed by atoms with Crippen LogP contribution in [0.1, 0.15) is 18.1 Å². The summed E-state index contributed by atoms with van der Waals surface area (Å²) >= 11 is 0. The minimum absolute atomic E-state index is 0.101. The van der Waals surface area contributed by atoms with Crippen molar-refractivity contribution in [3.63, 3.8) is 0 Å². The van der Waals surface area contributed by atoms with Gasteiger partial charge in [0.2, 0.25) is 0 Å². The molecule has 4 rings (SSSR count). The smallest absolute Gasteiger partial charge is 0.278 e. The highest BCUT2D eigenvalue weighted by atomic mass is 16.6. The highest BCUT2D eigenvalue weighted by Gasteiger charge is 2.39. The second kappa shape index (κ2) is 9.35. The fourth-order valence-corrected chi connectivity index (χ4v) is 3.59. The van der Waals surface area contributed by atoms with E-state index in [1.807, 2.05) is 37.3 Å². The Bertz CT molecular complexity index is 1240. The number of anilines is 1. The van der Waals surface area contributed by atoms with Crippen molar-refractivity contribution in [3.8, 4) is 5.75 Å². The second-order valence-electron chi connectivity index (χ2n) is 7.32. The van der Waals surface area contributed by atoms with Crippen LogP contribution in [0.25, 0.3) is 5.57 Å². The molecule has 0 saturated heterocycles. The lowest BCUT2D eigenvalue weighted by atomic mass is 10.0. The maximum absolute atomic E-state index is 13.4. The summed E-state index contributed by atoms with van der Waals surface area (Å²) in [5, 5.41) is 14.1. The Morgan fingerprint density at radius 2 is 1.67 bits per heavy atom. The molecular weight excluding hydrogens is 422 g/mol. The Hall–Kier alpha value is -4.46. The van der Waals surface area contributed by atoms with Crippen molar-refractivity contribution >= 4 is 28.8 Å². The maximum Gasteiger partial charge on any atom is 0.278 e. The molecule has 0 spiro atoms. The van der Waals surface area contributed by atoms with Crippen molar-refractivity contribution in [3.05, 3.63) is 106 Å². The van der Waals surface area contributed by atoms with Crippen molar-refractivity contribution in [2.24, 2.45) is 0 Å². The molecule has 0 radical (unpaired) electrons. The summed E-state index contributed by atoms with van der Waals surface area (Å²) in [6.07, 6.45) is 0. The zero-order valence-electron chi connectivity index (χ0n) is 17.9. The van der Waals surface area contributed by atoms with Gasteiger partial charge in [-0.2, -0.15) is 0 Å². The van der Waals surface area contributed by atoms with Crippen LogP contribution < -0.4 is 10.1 Å². The Morgan fingerprint density at radius 1 is 0.939 bits per heavy atom. The van der Waals surface area contributed by atoms with E-state index >= 15 is 0 Å². The van der Waals surface area contributed by atoms with Crippen LogP contribution in [-0.4, -0.2) is 28.2 Å². The number of nitrogens with zero attached hydrogens (tertiary/aromatic N) is 2. The quantitative estimate of drug-likeness (QED) is 0.315. The average molecular weight is 443 g/mol. The summed E-state index contributed by atoms with van der Waals surface area (Å²) in [7, 11) is 0. The van der Waals surface area contributed by atoms with Crippen molar-refractivity contribution in [1.82, 2.24) is 4.90 Å². The minimum Gasteiger partial charge on any atom is -0.494 e. The molecule has 33 heavy (non-hydrogen) atoms. The highest BCUT2D eigenvalue weighted by molar-refractivity contribution is 6.36. The fraction of sp³-hybridized carbons (Fsp3) is 0.120. The number of benzene rings is 3. The molecule has 1 N–H and O–H groups in total. The second-order valence-corrected chi connectivity index (χ2v) is 7.32. The zero-order valence-corrected chi connectivity index (χ0v) is 17.9. The Labute approximate surface area is 190 Å². The van der Waals surface area contributed by atoms with Gasteiger partial charge in [-0.05, 0) is 42.3 Å². The summed E-state index contributed by atoms with van der Waals surface area (Å²) in [4.78, 5) is 38.4. The lowest BCUT2D eigenvalue weighted by molar-refractivity contribution is -0.384. The van der Waals surface area contributed by atoms with Gasteiger partial charge in [0.25, 0.3) is 17.5 Å². The van der Waals surface area contributed by atoms with Gasteiger partial charge in [0.05, 0.1) is 23.6 Å². The van der Waals surface area contributed by atoms with E-state index in [4.69, 9.17) is 4.74 Å². The monoisotopic (exact) mass is 443 g/mol. The van der Waals surface area contributed by atoms with E-state index in [-0.39, 0.29) is 23.5 Å². The zero-order chi connectivity index (χ0) is 23.4. The van der Waals surface area contributed by atoms with Gasteiger partial charge >= 0.3 is 0 Å². The topological polar surface area (TPSA) is 102 Å². The summed E-state index contributed by atoms with van der Waals surface area (Å²) < 4.78 is 5.52. The normalized spacial score (nSPS) is 13.4. The van der Waals surface area contributed by atoms with Crippen LogP contribution in [0.5, 0.6) is 5.75 Å². The third-order valence-electron chi connectivity index (χ3n) is 5.13. The Kier molecular flexibility index (Phi) is 6.17. The number of hydrogen-bond acceptors (Lipinski definition) is 6. The minimum atomic E-state index is -0.514. The number of ether oxygens (including phenoxy) is 1. The van der Waals surface area contributed by atoms with Gasteiger partial charge < -0.3 is 10.1 Å². The molecule has 1 aliphatic rings. The number of non-ortho nitro benzene ring substituents is 1. The molecular formula is C25H21N3O5. The van der Waals surface area contributed by atoms with Gasteiger partial charge in [-0.3, -0.25) is 24.6 Å². The predicted molar refractivity (Wildman–Crippen MR) is 123 cm³/mol. The third-order valence-corrected chi connectivity index (χ3v) is 5.13. The summed E-state index contributed by atoms with van der Waals surface area (Å²) in [5.41, 5.74) is 1.97. The van der Waals surface area contributed by atoms with Crippen molar-refractivity contribution in [1.29, 1.82) is 0 Å². The van der Waals surface area contributed by atoms with Crippen LogP contribution >= 0.6 is 0 Å². The first-order valence-electron chi connectivity index (χ1n) is 10.4. The summed E-state index contributed by atoms with van der Waals surface area (Å²) in [6, 6.07) is 21.9. The van der Waals surface area contributed by atoms with Crippen molar-refractivity contribution < 1.29 is 19.2 Å². The number of hydrogen-bond donors (Lipinski definition) is 1. The van der Waals surface area contributed by atoms with Gasteiger partial charge in [-0.1, -0.05) is 36.4 Å². The van der Waals surface area contributed by atoms with Gasteiger partial charge in [-0.25, -0.2) is 0 Å². The third kappa shape index (κ3) is 4.59. The molecule has 1 aliphatic heterocycles. The molecule has 0 atom stereocenters. The standard InChI is InChI=1S/C25H21N3O5/c1-2-33-21-10-6-9-19(15-21)26-23-22(18-11-13-20(14-12-18)28(31)32)24(29)27(25(23)30)16-17-7-4-3-5-8-17/h3-15,26H,2,16H2,1H3. The summed E-state index contributed by atoms with van der Waals surface area (Å²) in [6.45, 7) is 2.47. The summed E-state index contributed by atoms with van der Waals surface area (Å²) in [5.74, 6) is -0.321. The fourth-order valence-electron chi connectivity index (χ4n) is 3.59. The van der Waals surface area contributed by atoms with Crippen LogP contribution in [0.3, 0.4) is 0 Å². The van der Waals surface area contributed by atoms with Gasteiger partial charge in [-0.15, -0.1) is 0 Å². The molecule has 0 fully saturated rings. The van der Waals surface area contributed by atoms with E-state index < -0.39 is 16.7 Å². The Balaban J connectivity index is 1.73. The largest absolute Gasteiger partial charge is 0.494 e.